The van der Waals surface area contributed by atoms with E-state index >= 15 is 0 Å². The van der Waals surface area contributed by atoms with Gasteiger partial charge in [-0.25, -0.2) is 0 Å². The number of fused-ring (bicyclic) bond motifs is 10. The molecular formula is C41H57N5O6Si2. The first-order chi connectivity index (χ1) is 25.8. The number of nitrogens with zero attached hydrogens (tertiary/aromatic N) is 2. The van der Waals surface area contributed by atoms with Gasteiger partial charge in [0.25, 0.3) is 0 Å². The van der Waals surface area contributed by atoms with Crippen LogP contribution in [0.2, 0.25) is 36.3 Å². The quantitative estimate of drug-likeness (QED) is 0.250. The summed E-state index contributed by atoms with van der Waals surface area (Å²) in [6.45, 7) is 16.8. The fourth-order valence-corrected chi connectivity index (χ4v) is 17.0. The van der Waals surface area contributed by atoms with E-state index in [1.807, 2.05) is 4.90 Å². The normalized spacial score (nSPS) is 32.4. The maximum Gasteiger partial charge on any atom is 0.247 e. The molecular weight excluding hydrogens is 715 g/mol. The van der Waals surface area contributed by atoms with E-state index in [-0.39, 0.29) is 29.7 Å². The number of piperazine rings is 2. The van der Waals surface area contributed by atoms with Crippen LogP contribution in [-0.4, -0.2) is 86.4 Å². The lowest BCUT2D eigenvalue weighted by Crippen LogP contribution is -2.63. The highest BCUT2D eigenvalue weighted by atomic mass is 28.4. The molecule has 8 rings (SSSR count). The molecule has 0 spiro atoms. The fraction of sp³-hybridized carbons (Fsp3) is 0.610. The predicted molar refractivity (Wildman–Crippen MR) is 212 cm³/mol. The average molecular weight is 772 g/mol. The first-order valence-electron chi connectivity index (χ1n) is 20.5. The van der Waals surface area contributed by atoms with Gasteiger partial charge in [0, 0.05) is 24.1 Å². The summed E-state index contributed by atoms with van der Waals surface area (Å²) in [6, 6.07) is 16.2. The first-order valence-corrected chi connectivity index (χ1v) is 25.6. The third-order valence-corrected chi connectivity index (χ3v) is 23.9. The Morgan fingerprint density at radius 3 is 1.70 bits per heavy atom. The molecule has 4 saturated heterocycles. The van der Waals surface area contributed by atoms with Crippen LogP contribution in [0.15, 0.2) is 36.4 Å². The lowest BCUT2D eigenvalue weighted by Gasteiger charge is -2.42. The summed E-state index contributed by atoms with van der Waals surface area (Å²) in [5.41, 5.74) is 4.56. The van der Waals surface area contributed by atoms with Gasteiger partial charge >= 0.3 is 0 Å². The largest absolute Gasteiger partial charge is 0.405 e. The van der Waals surface area contributed by atoms with Gasteiger partial charge in [-0.1, -0.05) is 59.7 Å². The topological polar surface area (TPSA) is 129 Å². The van der Waals surface area contributed by atoms with Crippen LogP contribution >= 0.6 is 0 Å². The van der Waals surface area contributed by atoms with Crippen molar-refractivity contribution in [1.82, 2.24) is 20.4 Å². The summed E-state index contributed by atoms with van der Waals surface area (Å²) in [7, 11) is -4.49. The minimum absolute atomic E-state index is 0.0360. The number of rotatable bonds is 11. The van der Waals surface area contributed by atoms with E-state index in [2.05, 4.69) is 93.9 Å². The molecule has 1 aliphatic carbocycles. The van der Waals surface area contributed by atoms with E-state index in [0.717, 1.165) is 64.2 Å². The fourth-order valence-electron chi connectivity index (χ4n) is 11.0. The van der Waals surface area contributed by atoms with Crippen LogP contribution in [0.3, 0.4) is 0 Å². The summed E-state index contributed by atoms with van der Waals surface area (Å²) >= 11 is 0. The number of hydrogen-bond donors (Lipinski definition) is 3. The molecule has 0 unspecified atom stereocenters. The molecule has 3 N–H and O–H groups in total. The van der Waals surface area contributed by atoms with Crippen LogP contribution in [0.4, 0.5) is 5.69 Å². The van der Waals surface area contributed by atoms with E-state index < -0.39 is 58.2 Å². The Kier molecular flexibility index (Phi) is 9.02. The van der Waals surface area contributed by atoms with Crippen LogP contribution < -0.4 is 16.0 Å². The molecule has 5 heterocycles. The van der Waals surface area contributed by atoms with Gasteiger partial charge in [0.1, 0.15) is 41.5 Å². The average Bonchev–Trinajstić information content (AvgIpc) is 3.87. The number of nitrogens with one attached hydrogen (secondary N) is 3. The second kappa shape index (κ2) is 13.0. The van der Waals surface area contributed by atoms with E-state index in [4.69, 9.17) is 8.85 Å². The van der Waals surface area contributed by atoms with E-state index in [1.54, 1.807) is 18.7 Å². The monoisotopic (exact) mass is 771 g/mol. The Morgan fingerprint density at radius 1 is 0.648 bits per heavy atom. The molecule has 0 aromatic heterocycles. The number of anilines is 1. The van der Waals surface area contributed by atoms with Crippen LogP contribution in [0.5, 0.6) is 0 Å². The summed E-state index contributed by atoms with van der Waals surface area (Å²) in [5, 5.41) is 9.52. The van der Waals surface area contributed by atoms with Crippen molar-refractivity contribution in [2.75, 3.05) is 5.32 Å². The molecule has 0 radical (unpaired) electrons. The van der Waals surface area contributed by atoms with Gasteiger partial charge in [-0.3, -0.25) is 19.2 Å². The van der Waals surface area contributed by atoms with Crippen molar-refractivity contribution in [3.05, 3.63) is 53.1 Å². The first kappa shape index (κ1) is 37.4. The maximum atomic E-state index is 13.8. The Bertz CT molecular complexity index is 1770. The van der Waals surface area contributed by atoms with Crippen LogP contribution in [-0.2, 0) is 45.7 Å². The smallest absolute Gasteiger partial charge is 0.247 e. The van der Waals surface area contributed by atoms with Gasteiger partial charge < -0.3 is 34.6 Å². The second-order valence-corrected chi connectivity index (χ2v) is 26.1. The number of hydrogen-bond acceptors (Lipinski definition) is 7. The lowest BCUT2D eigenvalue weighted by atomic mass is 9.86. The Balaban J connectivity index is 1.25. The van der Waals surface area contributed by atoms with Crippen LogP contribution in [0.1, 0.15) is 84.9 Å². The van der Waals surface area contributed by atoms with Crippen molar-refractivity contribution in [2.45, 2.75) is 158 Å². The van der Waals surface area contributed by atoms with Crippen molar-refractivity contribution in [1.29, 1.82) is 0 Å². The van der Waals surface area contributed by atoms with Crippen molar-refractivity contribution >= 4 is 46.0 Å². The van der Waals surface area contributed by atoms with E-state index in [1.165, 1.54) is 5.56 Å². The molecule has 2 aromatic rings. The molecule has 54 heavy (non-hydrogen) atoms. The van der Waals surface area contributed by atoms with Crippen molar-refractivity contribution in [3.63, 3.8) is 0 Å². The summed E-state index contributed by atoms with van der Waals surface area (Å²) in [5.74, 6) is -0.355. The summed E-state index contributed by atoms with van der Waals surface area (Å²) in [4.78, 5) is 58.2. The number of carbonyl (C=O) groups excluding carboxylic acids is 4. The minimum atomic E-state index is -2.26. The van der Waals surface area contributed by atoms with Crippen LogP contribution in [0, 0.1) is 0 Å². The standard InChI is InChI=1S/C41H57N5O6Si2/c1-9-53(10-2,11-3)51-40-22-32-35(47)42-24(7)37(49)45(32)34(40)21-28-16-15-26(19-29(28)40)27-17-18-31-30(20-27)41(52-54(12-4,13-5)14-6)23-33-36(48)43-25(8)38(50)46(33)39(41)44-31/h15-20,24-25,32-34,39,44H,9-14,21-23H2,1-8H3,(H,42,47)(H,43,48)/t24-,25-,32-,33-,34-,39+,40-,41-/m0/s1. The molecule has 0 saturated carbocycles. The lowest BCUT2D eigenvalue weighted by molar-refractivity contribution is -0.149. The molecule has 4 fully saturated rings. The van der Waals surface area contributed by atoms with Gasteiger partial charge in [0.05, 0.1) is 6.04 Å². The molecule has 2 aromatic carbocycles. The Morgan fingerprint density at radius 2 is 1.13 bits per heavy atom. The number of amides is 4. The van der Waals surface area contributed by atoms with Gasteiger partial charge in [-0.15, -0.1) is 0 Å². The van der Waals surface area contributed by atoms with Gasteiger partial charge in [0.15, 0.2) is 16.6 Å². The highest BCUT2D eigenvalue weighted by Crippen LogP contribution is 2.57. The SMILES string of the molecule is CC[Si](CC)(CC)O[C@]12C[C@H]3C(=O)N[C@@H](C)C(=O)N3[C@H]1Cc1ccc(-c3ccc4c(c3)[C@@]3(O[Si](CC)(CC)CC)C[C@H]5C(=O)N[C@@H](C)C(=O)N5[C@H]3N4)cc12. The third-order valence-electron chi connectivity index (χ3n) is 14.6. The molecule has 5 aliphatic heterocycles. The van der Waals surface area contributed by atoms with Gasteiger partial charge in [0.2, 0.25) is 23.6 Å². The molecule has 11 nitrogen and oxygen atoms in total. The molecule has 0 bridgehead atoms. The number of benzene rings is 2. The Hall–Kier alpha value is -3.53. The highest BCUT2D eigenvalue weighted by molar-refractivity contribution is 6.74. The van der Waals surface area contributed by atoms with Gasteiger partial charge in [-0.2, -0.15) is 0 Å². The third kappa shape index (κ3) is 5.09. The van der Waals surface area contributed by atoms with Crippen molar-refractivity contribution in [3.8, 4) is 11.1 Å². The number of carbonyl (C=O) groups is 4. The zero-order valence-corrected chi connectivity index (χ0v) is 35.1. The maximum absolute atomic E-state index is 13.8. The molecule has 4 amide bonds. The second-order valence-electron chi connectivity index (χ2n) is 16.8. The van der Waals surface area contributed by atoms with Crippen molar-refractivity contribution < 1.29 is 28.0 Å². The molecule has 13 heteroatoms. The van der Waals surface area contributed by atoms with Gasteiger partial charge in [-0.05, 0) is 97.0 Å². The zero-order chi connectivity index (χ0) is 38.5. The Labute approximate surface area is 321 Å². The highest BCUT2D eigenvalue weighted by Gasteiger charge is 2.66. The van der Waals surface area contributed by atoms with E-state index in [0.29, 0.717) is 19.3 Å². The summed E-state index contributed by atoms with van der Waals surface area (Å²) in [6.07, 6.45) is 1.01. The predicted octanol–water partition coefficient (Wildman–Crippen LogP) is 5.70. The summed E-state index contributed by atoms with van der Waals surface area (Å²) < 4.78 is 15.1. The van der Waals surface area contributed by atoms with Crippen LogP contribution in [0.25, 0.3) is 11.1 Å². The molecule has 8 atom stereocenters. The zero-order valence-electron chi connectivity index (χ0n) is 33.1. The van der Waals surface area contributed by atoms with Crippen molar-refractivity contribution in [2.24, 2.45) is 0 Å². The molecule has 6 aliphatic rings. The minimum Gasteiger partial charge on any atom is -0.405 e. The van der Waals surface area contributed by atoms with E-state index in [9.17, 15) is 19.2 Å². The molecule has 290 valence electrons.